The first kappa shape index (κ1) is 23.2. The Labute approximate surface area is 186 Å². The average molecular weight is 445 g/mol. The fourth-order valence-corrected chi connectivity index (χ4v) is 5.02. The zero-order valence-electron chi connectivity index (χ0n) is 17.9. The molecule has 8 heteroatoms. The van der Waals surface area contributed by atoms with Crippen LogP contribution in [0, 0.1) is 11.3 Å². The Morgan fingerprint density at radius 3 is 2.55 bits per heavy atom. The molecule has 0 bridgehead atoms. The molecule has 0 aromatic heterocycles. The SMILES string of the molecule is CCCCOC(=N)C1=C(O)[C@@H](N(C)C)[C@@H]2CC=C(Sc3ccccc3)C(=O)[C@]2(O)C1=O. The van der Waals surface area contributed by atoms with Gasteiger partial charge in [-0.2, -0.15) is 0 Å². The normalized spacial score (nSPS) is 26.0. The van der Waals surface area contributed by atoms with Crippen LogP contribution < -0.4 is 0 Å². The van der Waals surface area contributed by atoms with E-state index >= 15 is 0 Å². The van der Waals surface area contributed by atoms with Crippen molar-refractivity contribution >= 4 is 29.2 Å². The maximum Gasteiger partial charge on any atom is 0.220 e. The van der Waals surface area contributed by atoms with Crippen LogP contribution in [0.25, 0.3) is 0 Å². The highest BCUT2D eigenvalue weighted by Crippen LogP contribution is 2.46. The van der Waals surface area contributed by atoms with Crippen LogP contribution in [0.4, 0.5) is 0 Å². The molecule has 2 aliphatic carbocycles. The summed E-state index contributed by atoms with van der Waals surface area (Å²) in [7, 11) is 3.39. The third-order valence-electron chi connectivity index (χ3n) is 5.65. The van der Waals surface area contributed by atoms with Crippen molar-refractivity contribution in [2.24, 2.45) is 5.92 Å². The number of nitrogens with one attached hydrogen (secondary N) is 1. The van der Waals surface area contributed by atoms with Crippen LogP contribution >= 0.6 is 11.8 Å². The molecule has 0 saturated carbocycles. The van der Waals surface area contributed by atoms with Crippen molar-refractivity contribution in [2.45, 2.75) is 42.7 Å². The minimum atomic E-state index is -2.37. The fourth-order valence-electron chi connectivity index (χ4n) is 4.05. The standard InChI is InChI=1S/C23H28N2O5S/c1-4-5-13-30-22(24)17-19(26)18(25(2)3)15-11-12-16(20(27)23(15,29)21(17)28)31-14-9-7-6-8-10-14/h6-10,12,15,18,24,26,29H,4-5,11,13H2,1-3H3/t15-,18-,23-/m0/s1. The molecular weight excluding hydrogens is 416 g/mol. The molecule has 1 aromatic rings. The maximum absolute atomic E-state index is 13.4. The monoisotopic (exact) mass is 444 g/mol. The van der Waals surface area contributed by atoms with Crippen molar-refractivity contribution < 1.29 is 24.5 Å². The number of benzene rings is 1. The molecule has 2 aliphatic rings. The van der Waals surface area contributed by atoms with Gasteiger partial charge in [-0.05, 0) is 39.1 Å². The van der Waals surface area contributed by atoms with Gasteiger partial charge in [0.25, 0.3) is 0 Å². The van der Waals surface area contributed by atoms with Crippen molar-refractivity contribution in [3.05, 3.63) is 52.6 Å². The molecular formula is C23H28N2O5S. The van der Waals surface area contributed by atoms with Gasteiger partial charge in [0.05, 0.1) is 17.6 Å². The molecule has 3 atom stereocenters. The van der Waals surface area contributed by atoms with E-state index in [9.17, 15) is 19.8 Å². The number of thioether (sulfide) groups is 1. The molecule has 3 N–H and O–H groups in total. The van der Waals surface area contributed by atoms with Crippen LogP contribution in [0.3, 0.4) is 0 Å². The second-order valence-corrected chi connectivity index (χ2v) is 9.07. The number of hydrogen-bond donors (Lipinski definition) is 3. The Morgan fingerprint density at radius 2 is 1.94 bits per heavy atom. The van der Waals surface area contributed by atoms with E-state index in [1.807, 2.05) is 37.3 Å². The lowest BCUT2D eigenvalue weighted by atomic mass is 9.65. The summed E-state index contributed by atoms with van der Waals surface area (Å²) >= 11 is 1.19. The second kappa shape index (κ2) is 9.38. The number of likely N-dealkylation sites (N-methyl/N-ethyl adjacent to an activating group) is 1. The van der Waals surface area contributed by atoms with E-state index in [-0.39, 0.29) is 23.7 Å². The van der Waals surface area contributed by atoms with Gasteiger partial charge in [-0.3, -0.25) is 19.9 Å². The number of carbonyl (C=O) groups is 2. The third-order valence-corrected chi connectivity index (χ3v) is 6.73. The molecule has 0 saturated heterocycles. The molecule has 0 spiro atoms. The van der Waals surface area contributed by atoms with Gasteiger partial charge >= 0.3 is 0 Å². The van der Waals surface area contributed by atoms with E-state index in [0.717, 1.165) is 11.3 Å². The van der Waals surface area contributed by atoms with Gasteiger partial charge < -0.3 is 14.9 Å². The quantitative estimate of drug-likeness (QED) is 0.256. The molecule has 1 aromatic carbocycles. The Morgan fingerprint density at radius 1 is 1.26 bits per heavy atom. The highest BCUT2D eigenvalue weighted by molar-refractivity contribution is 8.04. The lowest BCUT2D eigenvalue weighted by molar-refractivity contribution is -0.157. The first-order chi connectivity index (χ1) is 14.7. The summed E-state index contributed by atoms with van der Waals surface area (Å²) in [6.45, 7) is 2.17. The van der Waals surface area contributed by atoms with Gasteiger partial charge in [0, 0.05) is 10.8 Å². The van der Waals surface area contributed by atoms with E-state index in [4.69, 9.17) is 10.1 Å². The van der Waals surface area contributed by atoms with Crippen molar-refractivity contribution in [2.75, 3.05) is 20.7 Å². The largest absolute Gasteiger partial charge is 0.510 e. The fraction of sp³-hybridized carbons (Fsp3) is 0.435. The molecule has 0 unspecified atom stereocenters. The van der Waals surface area contributed by atoms with Gasteiger partial charge in [-0.1, -0.05) is 49.4 Å². The number of Topliss-reactive ketones (excluding diaryl/α,β-unsaturated/α-hetero) is 2. The Bertz CT molecular complexity index is 941. The molecule has 0 aliphatic heterocycles. The van der Waals surface area contributed by atoms with Gasteiger partial charge in [-0.15, -0.1) is 0 Å². The van der Waals surface area contributed by atoms with Crippen molar-refractivity contribution in [3.8, 4) is 0 Å². The summed E-state index contributed by atoms with van der Waals surface area (Å²) in [5.41, 5.74) is -2.80. The lowest BCUT2D eigenvalue weighted by Crippen LogP contribution is -2.64. The topological polar surface area (TPSA) is 111 Å². The summed E-state index contributed by atoms with van der Waals surface area (Å²) in [5, 5.41) is 30.6. The number of carbonyl (C=O) groups excluding carboxylic acids is 2. The van der Waals surface area contributed by atoms with E-state index < -0.39 is 40.6 Å². The number of unbranched alkanes of at least 4 members (excludes halogenated alkanes) is 1. The van der Waals surface area contributed by atoms with Gasteiger partial charge in [0.1, 0.15) is 11.3 Å². The second-order valence-electron chi connectivity index (χ2n) is 7.95. The van der Waals surface area contributed by atoms with Crippen LogP contribution in [0.15, 0.2) is 57.5 Å². The summed E-state index contributed by atoms with van der Waals surface area (Å²) in [4.78, 5) is 29.5. The average Bonchev–Trinajstić information content (AvgIpc) is 2.73. The highest BCUT2D eigenvalue weighted by atomic mass is 32.2. The molecule has 0 radical (unpaired) electrons. The van der Waals surface area contributed by atoms with E-state index in [1.54, 1.807) is 25.1 Å². The minimum absolute atomic E-state index is 0.205. The first-order valence-electron chi connectivity index (χ1n) is 10.3. The summed E-state index contributed by atoms with van der Waals surface area (Å²) < 4.78 is 5.36. The van der Waals surface area contributed by atoms with E-state index in [1.165, 1.54) is 11.8 Å². The molecule has 166 valence electrons. The number of hydrogen-bond acceptors (Lipinski definition) is 8. The maximum atomic E-state index is 13.4. The Balaban J connectivity index is 2.00. The highest BCUT2D eigenvalue weighted by Gasteiger charge is 2.61. The number of fused-ring (bicyclic) bond motifs is 1. The Kier molecular flexibility index (Phi) is 7.03. The van der Waals surface area contributed by atoms with Crippen molar-refractivity contribution in [1.82, 2.24) is 4.90 Å². The zero-order valence-corrected chi connectivity index (χ0v) is 18.7. The Hall–Kier alpha value is -2.42. The number of aliphatic hydroxyl groups is 2. The molecule has 3 rings (SSSR count). The molecule has 7 nitrogen and oxygen atoms in total. The van der Waals surface area contributed by atoms with Gasteiger partial charge in [0.15, 0.2) is 5.60 Å². The molecule has 0 fully saturated rings. The predicted octanol–water partition coefficient (Wildman–Crippen LogP) is 3.10. The van der Waals surface area contributed by atoms with Crippen LogP contribution in [0.1, 0.15) is 26.2 Å². The summed E-state index contributed by atoms with van der Waals surface area (Å²) in [6, 6.07) is 8.42. The first-order valence-corrected chi connectivity index (χ1v) is 11.1. The van der Waals surface area contributed by atoms with Crippen molar-refractivity contribution in [1.29, 1.82) is 5.41 Å². The third kappa shape index (κ3) is 4.20. The molecule has 31 heavy (non-hydrogen) atoms. The van der Waals surface area contributed by atoms with Gasteiger partial charge in [0.2, 0.25) is 17.5 Å². The van der Waals surface area contributed by atoms with Crippen LogP contribution in [-0.2, 0) is 14.3 Å². The molecule has 0 amide bonds. The minimum Gasteiger partial charge on any atom is -0.510 e. The number of aliphatic hydroxyl groups excluding tert-OH is 1. The number of rotatable bonds is 7. The smallest absolute Gasteiger partial charge is 0.220 e. The summed E-state index contributed by atoms with van der Waals surface area (Å²) in [5.74, 6) is -3.41. The number of ketones is 2. The zero-order chi connectivity index (χ0) is 22.8. The lowest BCUT2D eigenvalue weighted by Gasteiger charge is -2.46. The van der Waals surface area contributed by atoms with E-state index in [2.05, 4.69) is 0 Å². The number of nitrogens with zero attached hydrogens (tertiary/aromatic N) is 1. The van der Waals surface area contributed by atoms with Gasteiger partial charge in [-0.25, -0.2) is 0 Å². The van der Waals surface area contributed by atoms with Crippen LogP contribution in [0.5, 0.6) is 0 Å². The molecule has 0 heterocycles. The number of allylic oxidation sites excluding steroid dienone is 1. The van der Waals surface area contributed by atoms with Crippen molar-refractivity contribution in [3.63, 3.8) is 0 Å². The summed E-state index contributed by atoms with van der Waals surface area (Å²) in [6.07, 6.45) is 3.45. The predicted molar refractivity (Wildman–Crippen MR) is 119 cm³/mol. The van der Waals surface area contributed by atoms with E-state index in [0.29, 0.717) is 6.42 Å². The number of ether oxygens (including phenoxy) is 1. The van der Waals surface area contributed by atoms with Crippen LogP contribution in [0.2, 0.25) is 0 Å². The van der Waals surface area contributed by atoms with Crippen LogP contribution in [-0.4, -0.2) is 64.9 Å².